The number of amides is 3. The minimum Gasteiger partial charge on any atom is -0.379 e. The van der Waals surface area contributed by atoms with E-state index >= 15 is 0 Å². The summed E-state index contributed by atoms with van der Waals surface area (Å²) in [5.74, 6) is -1.21. The molecule has 1 saturated carbocycles. The van der Waals surface area contributed by atoms with Crippen molar-refractivity contribution in [2.45, 2.75) is 90.2 Å². The number of nitrogens with one attached hydrogen (secondary N) is 2. The van der Waals surface area contributed by atoms with Crippen molar-refractivity contribution < 1.29 is 23.9 Å². The maximum absolute atomic E-state index is 14.1. The van der Waals surface area contributed by atoms with E-state index in [-0.39, 0.29) is 29.9 Å². The zero-order valence-corrected chi connectivity index (χ0v) is 23.8. The van der Waals surface area contributed by atoms with E-state index in [0.717, 1.165) is 24.8 Å². The molecule has 39 heavy (non-hydrogen) atoms. The molecule has 8 atom stereocenters. The van der Waals surface area contributed by atoms with E-state index in [1.165, 1.54) is 0 Å². The van der Waals surface area contributed by atoms with Gasteiger partial charge < -0.3 is 25.0 Å². The number of ether oxygens (including phenoxy) is 2. The van der Waals surface area contributed by atoms with Crippen molar-refractivity contribution in [2.24, 2.45) is 23.7 Å². The number of carbonyl (C=O) groups is 3. The maximum atomic E-state index is 14.1. The number of aryl methyl sites for hydroxylation is 1. The molecule has 0 aromatic heterocycles. The number of anilines is 1. The summed E-state index contributed by atoms with van der Waals surface area (Å²) >= 11 is 0. The summed E-state index contributed by atoms with van der Waals surface area (Å²) in [6, 6.07) is 6.82. The monoisotopic (exact) mass is 537 g/mol. The van der Waals surface area contributed by atoms with E-state index in [9.17, 15) is 14.4 Å². The van der Waals surface area contributed by atoms with Crippen molar-refractivity contribution in [1.82, 2.24) is 10.2 Å². The third kappa shape index (κ3) is 5.13. The second kappa shape index (κ2) is 11.0. The van der Waals surface area contributed by atoms with Crippen molar-refractivity contribution in [2.75, 3.05) is 18.5 Å². The molecule has 8 nitrogen and oxygen atoms in total. The van der Waals surface area contributed by atoms with E-state index in [0.29, 0.717) is 37.1 Å². The van der Waals surface area contributed by atoms with Crippen LogP contribution in [0.4, 0.5) is 5.69 Å². The van der Waals surface area contributed by atoms with Gasteiger partial charge in [0, 0.05) is 24.9 Å². The molecule has 2 N–H and O–H groups in total. The number of likely N-dealkylation sites (tertiary alicyclic amines) is 1. The van der Waals surface area contributed by atoms with Crippen molar-refractivity contribution in [3.05, 3.63) is 42.0 Å². The molecule has 1 aliphatic carbocycles. The van der Waals surface area contributed by atoms with Crippen LogP contribution in [0.5, 0.6) is 0 Å². The van der Waals surface area contributed by atoms with E-state index < -0.39 is 29.6 Å². The number of nitrogens with zero attached hydrogens (tertiary/aromatic N) is 1. The first-order valence-electron chi connectivity index (χ1n) is 14.6. The zero-order valence-electron chi connectivity index (χ0n) is 23.8. The third-order valence-corrected chi connectivity index (χ3v) is 9.24. The lowest BCUT2D eigenvalue weighted by molar-refractivity contribution is -0.142. The molecule has 4 aliphatic rings. The second-order valence-electron chi connectivity index (χ2n) is 12.2. The highest BCUT2D eigenvalue weighted by Gasteiger charge is 2.72. The fraction of sp³-hybridized carbons (Fsp3) is 0.645. The Morgan fingerprint density at radius 1 is 1.21 bits per heavy atom. The number of hydrogen-bond acceptors (Lipinski definition) is 5. The van der Waals surface area contributed by atoms with Crippen LogP contribution in [0.1, 0.15) is 58.9 Å². The first-order valence-corrected chi connectivity index (χ1v) is 14.6. The molecule has 1 aromatic carbocycles. The second-order valence-corrected chi connectivity index (χ2v) is 12.2. The van der Waals surface area contributed by atoms with E-state index in [1.807, 2.05) is 57.2 Å². The lowest BCUT2D eigenvalue weighted by Gasteiger charge is -2.38. The van der Waals surface area contributed by atoms with Gasteiger partial charge in [-0.1, -0.05) is 51.0 Å². The van der Waals surface area contributed by atoms with Gasteiger partial charge in [0.25, 0.3) is 0 Å². The fourth-order valence-corrected chi connectivity index (χ4v) is 7.06. The Morgan fingerprint density at radius 2 is 2.00 bits per heavy atom. The number of carbonyl (C=O) groups excluding carboxylic acids is 3. The van der Waals surface area contributed by atoms with Gasteiger partial charge in [-0.3, -0.25) is 14.4 Å². The average Bonchev–Trinajstić information content (AvgIpc) is 3.52. The van der Waals surface area contributed by atoms with Gasteiger partial charge in [0.1, 0.15) is 11.6 Å². The molecule has 2 bridgehead atoms. The molecule has 1 aromatic rings. The maximum Gasteiger partial charge on any atom is 0.246 e. The number of hydrogen-bond donors (Lipinski definition) is 2. The van der Waals surface area contributed by atoms with Crippen LogP contribution in [0.15, 0.2) is 36.4 Å². The molecule has 5 rings (SSSR count). The first kappa shape index (κ1) is 27.8. The lowest BCUT2D eigenvalue weighted by atomic mass is 9.73. The summed E-state index contributed by atoms with van der Waals surface area (Å²) in [6.45, 7) is 11.2. The topological polar surface area (TPSA) is 97.0 Å². The van der Waals surface area contributed by atoms with Gasteiger partial charge in [-0.15, -0.1) is 0 Å². The quantitative estimate of drug-likeness (QED) is 0.369. The molecule has 8 unspecified atom stereocenters. The number of fused-ring (bicyclic) bond motifs is 1. The fourth-order valence-electron chi connectivity index (χ4n) is 7.06. The van der Waals surface area contributed by atoms with Gasteiger partial charge in [-0.2, -0.15) is 0 Å². The van der Waals surface area contributed by atoms with E-state index in [2.05, 4.69) is 24.5 Å². The Morgan fingerprint density at radius 3 is 2.74 bits per heavy atom. The Hall–Kier alpha value is -2.71. The first-order chi connectivity index (χ1) is 18.6. The van der Waals surface area contributed by atoms with Gasteiger partial charge in [-0.25, -0.2) is 0 Å². The summed E-state index contributed by atoms with van der Waals surface area (Å²) < 4.78 is 12.2. The Bertz CT molecular complexity index is 1130. The smallest absolute Gasteiger partial charge is 0.246 e. The molecule has 3 aliphatic heterocycles. The van der Waals surface area contributed by atoms with Crippen LogP contribution in [0.3, 0.4) is 0 Å². The summed E-state index contributed by atoms with van der Waals surface area (Å²) in [6.07, 6.45) is 7.04. The minimum absolute atomic E-state index is 0.0564. The van der Waals surface area contributed by atoms with Crippen LogP contribution in [0.25, 0.3) is 0 Å². The van der Waals surface area contributed by atoms with Crippen LogP contribution in [0, 0.1) is 30.6 Å². The van der Waals surface area contributed by atoms with Gasteiger partial charge in [0.2, 0.25) is 17.7 Å². The molecule has 3 fully saturated rings. The van der Waals surface area contributed by atoms with E-state index in [1.54, 1.807) is 4.90 Å². The highest BCUT2D eigenvalue weighted by atomic mass is 16.5. The largest absolute Gasteiger partial charge is 0.379 e. The summed E-state index contributed by atoms with van der Waals surface area (Å²) in [7, 11) is 0. The standard InChI is InChI=1S/C31H43N3O5/c1-18(2)38-16-8-15-34-27(29(36)33-23-12-7-10-20(4)21(23)5)31-14-13-24(39-31)25(26(31)30(34)37)28(35)32-22-11-6-9-19(3)17-22/h6,9,11,13-14,17-18,20-21,23-27H,7-8,10,12,15-16H2,1-5H3,(H,32,35)(H,33,36). The zero-order chi connectivity index (χ0) is 27.9. The van der Waals surface area contributed by atoms with Crippen molar-refractivity contribution in [3.8, 4) is 0 Å². The highest BCUT2D eigenvalue weighted by molar-refractivity contribution is 6.02. The van der Waals surface area contributed by atoms with Gasteiger partial charge in [0.15, 0.2) is 0 Å². The lowest BCUT2D eigenvalue weighted by Crippen LogP contribution is -2.58. The predicted molar refractivity (Wildman–Crippen MR) is 149 cm³/mol. The van der Waals surface area contributed by atoms with Gasteiger partial charge in [-0.05, 0) is 63.1 Å². The van der Waals surface area contributed by atoms with Crippen LogP contribution in [-0.2, 0) is 23.9 Å². The molecule has 0 radical (unpaired) electrons. The van der Waals surface area contributed by atoms with Crippen molar-refractivity contribution in [3.63, 3.8) is 0 Å². The van der Waals surface area contributed by atoms with Crippen LogP contribution < -0.4 is 10.6 Å². The molecular weight excluding hydrogens is 494 g/mol. The minimum atomic E-state index is -1.15. The molecule has 8 heteroatoms. The molecule has 1 spiro atoms. The highest BCUT2D eigenvalue weighted by Crippen LogP contribution is 2.55. The molecule has 3 heterocycles. The number of benzene rings is 1. The molecule has 212 valence electrons. The van der Waals surface area contributed by atoms with Crippen LogP contribution >= 0.6 is 0 Å². The van der Waals surface area contributed by atoms with E-state index in [4.69, 9.17) is 9.47 Å². The van der Waals surface area contributed by atoms with Crippen molar-refractivity contribution in [1.29, 1.82) is 0 Å². The summed E-state index contributed by atoms with van der Waals surface area (Å²) in [5.41, 5.74) is 0.565. The molecule has 2 saturated heterocycles. The normalized spacial score (nSPS) is 35.0. The van der Waals surface area contributed by atoms with Gasteiger partial charge in [0.05, 0.1) is 24.0 Å². The molecule has 3 amide bonds. The SMILES string of the molecule is Cc1cccc(NC(=O)C2C3C=CC4(O3)C2C(=O)N(CCCOC(C)C)C4C(=O)NC2CCCC(C)C2C)c1. The number of rotatable bonds is 9. The van der Waals surface area contributed by atoms with Crippen molar-refractivity contribution >= 4 is 23.4 Å². The molecular formula is C31H43N3O5. The average molecular weight is 538 g/mol. The third-order valence-electron chi connectivity index (χ3n) is 9.24. The predicted octanol–water partition coefficient (Wildman–Crippen LogP) is 3.84. The Labute approximate surface area is 231 Å². The Balaban J connectivity index is 1.41. The van der Waals surface area contributed by atoms with Crippen LogP contribution in [-0.4, -0.2) is 65.7 Å². The Kier molecular flexibility index (Phi) is 7.89. The summed E-state index contributed by atoms with van der Waals surface area (Å²) in [5, 5.41) is 6.30. The van der Waals surface area contributed by atoms with Crippen LogP contribution in [0.2, 0.25) is 0 Å². The summed E-state index contributed by atoms with van der Waals surface area (Å²) in [4.78, 5) is 43.3. The van der Waals surface area contributed by atoms with Gasteiger partial charge >= 0.3 is 0 Å².